The van der Waals surface area contributed by atoms with Gasteiger partial charge in [-0.2, -0.15) is 0 Å². The maximum atomic E-state index is 13.4. The fourth-order valence-corrected chi connectivity index (χ4v) is 1.39. The monoisotopic (exact) mass is 268 g/mol. The van der Waals surface area contributed by atoms with Gasteiger partial charge in [-0.05, 0) is 52.7 Å². The molecule has 0 atom stereocenters. The molecule has 19 heavy (non-hydrogen) atoms. The van der Waals surface area contributed by atoms with E-state index in [1.54, 1.807) is 6.07 Å². The van der Waals surface area contributed by atoms with Crippen molar-refractivity contribution in [3.8, 4) is 11.5 Å². The van der Waals surface area contributed by atoms with Crippen LogP contribution in [0.3, 0.4) is 0 Å². The first-order valence-corrected chi connectivity index (χ1v) is 6.86. The topological polar surface area (TPSA) is 18.5 Å². The molecule has 1 rings (SSSR count). The van der Waals surface area contributed by atoms with Crippen LogP contribution in [0.5, 0.6) is 11.5 Å². The molecule has 0 saturated heterocycles. The van der Waals surface area contributed by atoms with E-state index < -0.39 is 0 Å². The van der Waals surface area contributed by atoms with E-state index in [1.807, 2.05) is 34.6 Å². The molecule has 0 fully saturated rings. The molecule has 0 aliphatic carbocycles. The largest absolute Gasteiger partial charge is 0.484 e. The molecule has 0 aliphatic heterocycles. The number of benzene rings is 1. The lowest BCUT2D eigenvalue weighted by atomic mass is 10.1. The minimum atomic E-state index is -0.345. The highest BCUT2D eigenvalue weighted by Gasteiger charge is 2.23. The molecule has 0 aliphatic rings. The summed E-state index contributed by atoms with van der Waals surface area (Å²) in [6.45, 7) is 12.1. The minimum Gasteiger partial charge on any atom is -0.484 e. The first kappa shape index (κ1) is 15.8. The van der Waals surface area contributed by atoms with E-state index in [0.717, 1.165) is 12.8 Å². The zero-order valence-electron chi connectivity index (χ0n) is 12.8. The van der Waals surface area contributed by atoms with E-state index >= 15 is 0 Å². The fraction of sp³-hybridized carbons (Fsp3) is 0.625. The second-order valence-electron chi connectivity index (χ2n) is 6.02. The molecule has 2 nitrogen and oxygen atoms in total. The van der Waals surface area contributed by atoms with Gasteiger partial charge in [-0.1, -0.05) is 13.8 Å². The van der Waals surface area contributed by atoms with E-state index in [4.69, 9.17) is 9.47 Å². The van der Waals surface area contributed by atoms with Crippen LogP contribution in [0, 0.1) is 5.82 Å². The first-order chi connectivity index (χ1) is 8.69. The van der Waals surface area contributed by atoms with Crippen molar-refractivity contribution < 1.29 is 13.9 Å². The molecule has 0 aromatic heterocycles. The third-order valence-corrected chi connectivity index (χ3v) is 3.38. The van der Waals surface area contributed by atoms with Crippen LogP contribution in [-0.4, -0.2) is 11.2 Å². The Morgan fingerprint density at radius 2 is 1.37 bits per heavy atom. The number of halogens is 1. The summed E-state index contributed by atoms with van der Waals surface area (Å²) in [5.74, 6) is 0.742. The molecule has 0 saturated carbocycles. The molecular formula is C16H25FO2. The van der Waals surface area contributed by atoms with E-state index in [1.165, 1.54) is 12.1 Å². The molecule has 0 spiro atoms. The van der Waals surface area contributed by atoms with E-state index in [2.05, 4.69) is 6.92 Å². The summed E-state index contributed by atoms with van der Waals surface area (Å²) < 4.78 is 25.2. The summed E-state index contributed by atoms with van der Waals surface area (Å²) in [6.07, 6.45) is 1.70. The van der Waals surface area contributed by atoms with Crippen LogP contribution < -0.4 is 9.47 Å². The molecular weight excluding hydrogens is 243 g/mol. The third-order valence-electron chi connectivity index (χ3n) is 3.38. The quantitative estimate of drug-likeness (QED) is 0.726. The maximum absolute atomic E-state index is 13.4. The van der Waals surface area contributed by atoms with Crippen LogP contribution in [0.1, 0.15) is 54.4 Å². The summed E-state index contributed by atoms with van der Waals surface area (Å²) in [6, 6.07) is 4.42. The highest BCUT2D eigenvalue weighted by atomic mass is 19.1. The number of hydrogen-bond donors (Lipinski definition) is 0. The normalized spacial score (nSPS) is 12.4. The smallest absolute Gasteiger partial charge is 0.164 e. The van der Waals surface area contributed by atoms with E-state index in [-0.39, 0.29) is 17.0 Å². The average Bonchev–Trinajstić information content (AvgIpc) is 2.32. The first-order valence-electron chi connectivity index (χ1n) is 6.86. The maximum Gasteiger partial charge on any atom is 0.164 e. The van der Waals surface area contributed by atoms with Gasteiger partial charge >= 0.3 is 0 Å². The Morgan fingerprint density at radius 1 is 0.895 bits per heavy atom. The van der Waals surface area contributed by atoms with Crippen molar-refractivity contribution in [2.75, 3.05) is 0 Å². The van der Waals surface area contributed by atoms with Crippen LogP contribution in [0.25, 0.3) is 0 Å². The highest BCUT2D eigenvalue weighted by Crippen LogP contribution is 2.34. The van der Waals surface area contributed by atoms with Crippen molar-refractivity contribution in [2.24, 2.45) is 0 Å². The Balaban J connectivity index is 3.05. The lowest BCUT2D eigenvalue weighted by Gasteiger charge is -2.30. The Labute approximate surface area is 115 Å². The SMILES string of the molecule is CCC(C)(C)Oc1ccc(F)cc1OC(C)(C)CC. The predicted molar refractivity (Wildman–Crippen MR) is 76.4 cm³/mol. The van der Waals surface area contributed by atoms with Gasteiger partial charge in [-0.25, -0.2) is 4.39 Å². The molecule has 0 bridgehead atoms. The molecule has 1 aromatic carbocycles. The van der Waals surface area contributed by atoms with Crippen LogP contribution in [-0.2, 0) is 0 Å². The van der Waals surface area contributed by atoms with Gasteiger partial charge in [0.2, 0.25) is 0 Å². The van der Waals surface area contributed by atoms with Gasteiger partial charge in [0.05, 0.1) is 0 Å². The van der Waals surface area contributed by atoms with Gasteiger partial charge in [0.1, 0.15) is 17.0 Å². The number of hydrogen-bond acceptors (Lipinski definition) is 2. The average molecular weight is 268 g/mol. The van der Waals surface area contributed by atoms with Crippen LogP contribution >= 0.6 is 0 Å². The summed E-state index contributed by atoms with van der Waals surface area (Å²) in [5.41, 5.74) is -0.644. The summed E-state index contributed by atoms with van der Waals surface area (Å²) in [7, 11) is 0. The van der Waals surface area contributed by atoms with Crippen molar-refractivity contribution >= 4 is 0 Å². The van der Waals surface area contributed by atoms with Crippen LogP contribution in [0.15, 0.2) is 18.2 Å². The second kappa shape index (κ2) is 5.81. The lowest BCUT2D eigenvalue weighted by Crippen LogP contribution is -2.30. The molecule has 0 heterocycles. The molecule has 1 aromatic rings. The van der Waals surface area contributed by atoms with Gasteiger partial charge in [0.25, 0.3) is 0 Å². The van der Waals surface area contributed by atoms with Gasteiger partial charge < -0.3 is 9.47 Å². The van der Waals surface area contributed by atoms with Gasteiger partial charge in [0.15, 0.2) is 11.5 Å². The van der Waals surface area contributed by atoms with Gasteiger partial charge in [-0.3, -0.25) is 0 Å². The Kier molecular flexibility index (Phi) is 4.83. The summed E-state index contributed by atoms with van der Waals surface area (Å²) >= 11 is 0. The molecule has 0 unspecified atom stereocenters. The standard InChI is InChI=1S/C16H25FO2/c1-7-15(3,4)18-13-10-9-12(17)11-14(13)19-16(5,6)8-2/h9-11H,7-8H2,1-6H3. The van der Waals surface area contributed by atoms with Crippen molar-refractivity contribution in [3.05, 3.63) is 24.0 Å². The van der Waals surface area contributed by atoms with Gasteiger partial charge in [-0.15, -0.1) is 0 Å². The Bertz CT molecular complexity index is 425. The zero-order chi connectivity index (χ0) is 14.7. The highest BCUT2D eigenvalue weighted by molar-refractivity contribution is 5.41. The Hall–Kier alpha value is -1.25. The van der Waals surface area contributed by atoms with Gasteiger partial charge in [0, 0.05) is 6.07 Å². The molecule has 3 heteroatoms. The molecule has 0 amide bonds. The Morgan fingerprint density at radius 3 is 1.84 bits per heavy atom. The van der Waals surface area contributed by atoms with E-state index in [0.29, 0.717) is 11.5 Å². The minimum absolute atomic E-state index is 0.299. The van der Waals surface area contributed by atoms with Crippen molar-refractivity contribution in [3.63, 3.8) is 0 Å². The van der Waals surface area contributed by atoms with Crippen molar-refractivity contribution in [2.45, 2.75) is 65.6 Å². The van der Waals surface area contributed by atoms with Crippen LogP contribution in [0.4, 0.5) is 4.39 Å². The third kappa shape index (κ3) is 4.73. The molecule has 108 valence electrons. The van der Waals surface area contributed by atoms with E-state index in [9.17, 15) is 4.39 Å². The van der Waals surface area contributed by atoms with Crippen molar-refractivity contribution in [1.82, 2.24) is 0 Å². The number of rotatable bonds is 6. The van der Waals surface area contributed by atoms with Crippen molar-refractivity contribution in [1.29, 1.82) is 0 Å². The molecule has 0 radical (unpaired) electrons. The molecule has 0 N–H and O–H groups in total. The van der Waals surface area contributed by atoms with Crippen LogP contribution in [0.2, 0.25) is 0 Å². The summed E-state index contributed by atoms with van der Waals surface area (Å²) in [5, 5.41) is 0. The second-order valence-corrected chi connectivity index (χ2v) is 6.02. The predicted octanol–water partition coefficient (Wildman–Crippen LogP) is 4.96. The summed E-state index contributed by atoms with van der Waals surface area (Å²) in [4.78, 5) is 0. The number of ether oxygens (including phenoxy) is 2. The fourth-order valence-electron chi connectivity index (χ4n) is 1.39. The lowest BCUT2D eigenvalue weighted by molar-refractivity contribution is 0.0724. The zero-order valence-corrected chi connectivity index (χ0v) is 12.8.